The summed E-state index contributed by atoms with van der Waals surface area (Å²) < 4.78 is 15.4. The summed E-state index contributed by atoms with van der Waals surface area (Å²) in [6.45, 7) is 1.27. The van der Waals surface area contributed by atoms with Gasteiger partial charge < -0.3 is 25.3 Å². The molecule has 138 valence electrons. The van der Waals surface area contributed by atoms with Crippen molar-refractivity contribution < 1.29 is 28.6 Å². The molecule has 1 aromatic heterocycles. The molecule has 8 nitrogen and oxygen atoms in total. The zero-order valence-electron chi connectivity index (χ0n) is 14.5. The number of carbonyl (C=O) groups is 3. The van der Waals surface area contributed by atoms with Crippen LogP contribution in [-0.4, -0.2) is 38.6 Å². The molecule has 2 aromatic rings. The van der Waals surface area contributed by atoms with E-state index < -0.39 is 24.4 Å². The van der Waals surface area contributed by atoms with Gasteiger partial charge in [-0.3, -0.25) is 9.59 Å². The fourth-order valence-electron chi connectivity index (χ4n) is 2.18. The molecule has 26 heavy (non-hydrogen) atoms. The number of amides is 2. The van der Waals surface area contributed by atoms with Crippen molar-refractivity contribution in [3.05, 3.63) is 40.3 Å². The molecule has 0 saturated heterocycles. The van der Waals surface area contributed by atoms with E-state index in [0.29, 0.717) is 16.5 Å². The third kappa shape index (κ3) is 4.31. The SMILES string of the molecule is COc1cc(C(=O)OCC(=O)Nc2sccc2C(N)=O)cc(OC)c1C. The molecule has 2 amide bonds. The minimum atomic E-state index is -0.710. The Balaban J connectivity index is 2.03. The van der Waals surface area contributed by atoms with E-state index in [-0.39, 0.29) is 11.1 Å². The Kier molecular flexibility index (Phi) is 6.18. The standard InChI is InChI=1S/C17H18N2O6S/c1-9-12(23-2)6-10(7-13(9)24-3)17(22)25-8-14(20)19-16-11(15(18)21)4-5-26-16/h4-7H,8H2,1-3H3,(H2,18,21)(H,19,20). The van der Waals surface area contributed by atoms with E-state index in [2.05, 4.69) is 5.32 Å². The summed E-state index contributed by atoms with van der Waals surface area (Å²) in [6.07, 6.45) is 0. The lowest BCUT2D eigenvalue weighted by Crippen LogP contribution is -2.22. The second-order valence-electron chi connectivity index (χ2n) is 5.16. The third-order valence-corrected chi connectivity index (χ3v) is 4.34. The van der Waals surface area contributed by atoms with Gasteiger partial charge >= 0.3 is 5.97 Å². The van der Waals surface area contributed by atoms with Crippen LogP contribution in [0.3, 0.4) is 0 Å². The van der Waals surface area contributed by atoms with Gasteiger partial charge in [-0.1, -0.05) is 0 Å². The molecule has 9 heteroatoms. The average Bonchev–Trinajstić information content (AvgIpc) is 3.08. The Morgan fingerprint density at radius 3 is 2.31 bits per heavy atom. The van der Waals surface area contributed by atoms with Crippen LogP contribution in [0.2, 0.25) is 0 Å². The first-order valence-corrected chi connectivity index (χ1v) is 8.32. The minimum absolute atomic E-state index is 0.186. The molecule has 0 fully saturated rings. The second-order valence-corrected chi connectivity index (χ2v) is 6.07. The number of hydrogen-bond acceptors (Lipinski definition) is 7. The monoisotopic (exact) mass is 378 g/mol. The number of rotatable bonds is 7. The maximum Gasteiger partial charge on any atom is 0.338 e. The third-order valence-electron chi connectivity index (χ3n) is 3.51. The van der Waals surface area contributed by atoms with Crippen LogP contribution in [0.1, 0.15) is 26.3 Å². The molecular weight excluding hydrogens is 360 g/mol. The topological polar surface area (TPSA) is 117 Å². The van der Waals surface area contributed by atoms with Gasteiger partial charge in [0.25, 0.3) is 11.8 Å². The van der Waals surface area contributed by atoms with Crippen LogP contribution in [0.4, 0.5) is 5.00 Å². The number of benzene rings is 1. The number of anilines is 1. The Morgan fingerprint density at radius 2 is 1.77 bits per heavy atom. The van der Waals surface area contributed by atoms with Crippen molar-refractivity contribution in [1.29, 1.82) is 0 Å². The van der Waals surface area contributed by atoms with E-state index in [9.17, 15) is 14.4 Å². The number of primary amides is 1. The molecule has 1 aromatic carbocycles. The fourth-order valence-corrected chi connectivity index (χ4v) is 2.99. The summed E-state index contributed by atoms with van der Waals surface area (Å²) in [5.41, 5.74) is 6.33. The maximum atomic E-state index is 12.2. The van der Waals surface area contributed by atoms with Crippen LogP contribution in [0.15, 0.2) is 23.6 Å². The highest BCUT2D eigenvalue weighted by molar-refractivity contribution is 7.14. The number of ether oxygens (including phenoxy) is 3. The highest BCUT2D eigenvalue weighted by atomic mass is 32.1. The van der Waals surface area contributed by atoms with E-state index in [1.807, 2.05) is 0 Å². The lowest BCUT2D eigenvalue weighted by atomic mass is 10.1. The number of nitrogens with one attached hydrogen (secondary N) is 1. The Morgan fingerprint density at radius 1 is 1.15 bits per heavy atom. The van der Waals surface area contributed by atoms with Crippen molar-refractivity contribution in [2.45, 2.75) is 6.92 Å². The van der Waals surface area contributed by atoms with Crippen molar-refractivity contribution >= 4 is 34.1 Å². The molecule has 0 spiro atoms. The van der Waals surface area contributed by atoms with Crippen LogP contribution in [0, 0.1) is 6.92 Å². The summed E-state index contributed by atoms with van der Waals surface area (Å²) >= 11 is 1.14. The number of thiophene rings is 1. The Hall–Kier alpha value is -3.07. The first-order valence-electron chi connectivity index (χ1n) is 7.44. The predicted molar refractivity (Wildman–Crippen MR) is 96.0 cm³/mol. The number of hydrogen-bond donors (Lipinski definition) is 2. The summed E-state index contributed by atoms with van der Waals surface area (Å²) in [4.78, 5) is 35.4. The first-order chi connectivity index (χ1) is 12.4. The van der Waals surface area contributed by atoms with E-state index in [1.165, 1.54) is 32.4 Å². The average molecular weight is 378 g/mol. The number of carbonyl (C=O) groups excluding carboxylic acids is 3. The van der Waals surface area contributed by atoms with Gasteiger partial charge in [0.05, 0.1) is 25.3 Å². The summed E-state index contributed by atoms with van der Waals surface area (Å²) in [6, 6.07) is 4.50. The Labute approximate surface area is 153 Å². The maximum absolute atomic E-state index is 12.2. The van der Waals surface area contributed by atoms with E-state index in [1.54, 1.807) is 12.3 Å². The number of methoxy groups -OCH3 is 2. The largest absolute Gasteiger partial charge is 0.496 e. The van der Waals surface area contributed by atoms with E-state index in [4.69, 9.17) is 19.9 Å². The van der Waals surface area contributed by atoms with Crippen LogP contribution in [-0.2, 0) is 9.53 Å². The van der Waals surface area contributed by atoms with Gasteiger partial charge in [-0.05, 0) is 30.5 Å². The fraction of sp³-hybridized carbons (Fsp3) is 0.235. The van der Waals surface area contributed by atoms with Gasteiger partial charge in [0.2, 0.25) is 0 Å². The second kappa shape index (κ2) is 8.34. The van der Waals surface area contributed by atoms with Gasteiger partial charge in [-0.2, -0.15) is 0 Å². The van der Waals surface area contributed by atoms with Crippen molar-refractivity contribution in [3.8, 4) is 11.5 Å². The zero-order chi connectivity index (χ0) is 19.3. The molecule has 0 aliphatic heterocycles. The summed E-state index contributed by atoms with van der Waals surface area (Å²) in [5.74, 6) is -1.03. The van der Waals surface area contributed by atoms with Crippen molar-refractivity contribution in [3.63, 3.8) is 0 Å². The molecular formula is C17H18N2O6S. The van der Waals surface area contributed by atoms with Gasteiger partial charge in [-0.15, -0.1) is 11.3 Å². The normalized spacial score (nSPS) is 10.1. The van der Waals surface area contributed by atoms with Crippen molar-refractivity contribution in [1.82, 2.24) is 0 Å². The number of nitrogens with two attached hydrogens (primary N) is 1. The number of esters is 1. The van der Waals surface area contributed by atoms with Gasteiger partial charge in [0, 0.05) is 5.56 Å². The summed E-state index contributed by atoms with van der Waals surface area (Å²) in [7, 11) is 2.95. The molecule has 0 unspecified atom stereocenters. The van der Waals surface area contributed by atoms with Crippen LogP contribution in [0.25, 0.3) is 0 Å². The molecule has 2 rings (SSSR count). The highest BCUT2D eigenvalue weighted by Gasteiger charge is 2.17. The lowest BCUT2D eigenvalue weighted by molar-refractivity contribution is -0.119. The molecule has 0 saturated carbocycles. The molecule has 0 aliphatic carbocycles. The highest BCUT2D eigenvalue weighted by Crippen LogP contribution is 2.29. The lowest BCUT2D eigenvalue weighted by Gasteiger charge is -2.12. The van der Waals surface area contributed by atoms with Crippen LogP contribution < -0.4 is 20.5 Å². The van der Waals surface area contributed by atoms with Gasteiger partial charge in [0.15, 0.2) is 6.61 Å². The minimum Gasteiger partial charge on any atom is -0.496 e. The van der Waals surface area contributed by atoms with Crippen LogP contribution >= 0.6 is 11.3 Å². The van der Waals surface area contributed by atoms with Gasteiger partial charge in [0.1, 0.15) is 16.5 Å². The predicted octanol–water partition coefficient (Wildman–Crippen LogP) is 1.97. The zero-order valence-corrected chi connectivity index (χ0v) is 15.3. The van der Waals surface area contributed by atoms with E-state index >= 15 is 0 Å². The molecule has 1 heterocycles. The van der Waals surface area contributed by atoms with Crippen molar-refractivity contribution in [2.24, 2.45) is 5.73 Å². The van der Waals surface area contributed by atoms with Gasteiger partial charge in [-0.25, -0.2) is 4.79 Å². The quantitative estimate of drug-likeness (QED) is 0.712. The molecule has 0 radical (unpaired) electrons. The smallest absolute Gasteiger partial charge is 0.338 e. The molecule has 3 N–H and O–H groups in total. The van der Waals surface area contributed by atoms with E-state index in [0.717, 1.165) is 16.9 Å². The first kappa shape index (κ1) is 19.3. The summed E-state index contributed by atoms with van der Waals surface area (Å²) in [5, 5.41) is 4.41. The Bertz CT molecular complexity index is 821. The molecule has 0 aliphatic rings. The van der Waals surface area contributed by atoms with Crippen molar-refractivity contribution in [2.75, 3.05) is 26.1 Å². The van der Waals surface area contributed by atoms with Crippen LogP contribution in [0.5, 0.6) is 11.5 Å². The molecule has 0 bridgehead atoms. The molecule has 0 atom stereocenters.